The van der Waals surface area contributed by atoms with Gasteiger partial charge in [0.2, 0.25) is 5.91 Å². The second-order valence-corrected chi connectivity index (χ2v) is 8.78. The van der Waals surface area contributed by atoms with Gasteiger partial charge in [-0.3, -0.25) is 4.79 Å². The maximum atomic E-state index is 13.0. The van der Waals surface area contributed by atoms with E-state index >= 15 is 0 Å². The number of nitrogens with zero attached hydrogens (tertiary/aromatic N) is 7. The van der Waals surface area contributed by atoms with Crippen LogP contribution in [0.2, 0.25) is 0 Å². The van der Waals surface area contributed by atoms with Crippen LogP contribution in [0.15, 0.2) is 61.3 Å². The van der Waals surface area contributed by atoms with Crippen LogP contribution in [0.25, 0.3) is 17.6 Å². The molecule has 8 heteroatoms. The van der Waals surface area contributed by atoms with Crippen molar-refractivity contribution in [3.63, 3.8) is 0 Å². The molecule has 4 rings (SSSR count). The number of aryl methyl sites for hydroxylation is 1. The molecule has 0 saturated heterocycles. The molecule has 4 aromatic rings. The molecule has 176 valence electrons. The van der Waals surface area contributed by atoms with Gasteiger partial charge in [-0.05, 0) is 70.0 Å². The third-order valence-electron chi connectivity index (χ3n) is 6.23. The lowest BCUT2D eigenvalue weighted by Crippen LogP contribution is -2.28. The number of aromatic nitrogens is 6. The summed E-state index contributed by atoms with van der Waals surface area (Å²) >= 11 is 0. The molecular weight excluding hydrogens is 426 g/mol. The highest BCUT2D eigenvalue weighted by molar-refractivity contribution is 5.92. The molecular formula is C26H31N7O. The summed E-state index contributed by atoms with van der Waals surface area (Å²) in [6.07, 6.45) is 8.53. The number of hydrogen-bond donors (Lipinski definition) is 0. The van der Waals surface area contributed by atoms with E-state index in [4.69, 9.17) is 0 Å². The third-order valence-corrected chi connectivity index (χ3v) is 6.23. The Morgan fingerprint density at radius 3 is 2.44 bits per heavy atom. The van der Waals surface area contributed by atoms with E-state index in [1.165, 1.54) is 6.33 Å². The van der Waals surface area contributed by atoms with Gasteiger partial charge in [0.25, 0.3) is 0 Å². The summed E-state index contributed by atoms with van der Waals surface area (Å²) in [4.78, 5) is 18.7. The Bertz CT molecular complexity index is 1290. The van der Waals surface area contributed by atoms with Crippen molar-refractivity contribution in [2.75, 3.05) is 7.05 Å². The number of benzene rings is 1. The highest BCUT2D eigenvalue weighted by Gasteiger charge is 2.17. The Hall–Kier alpha value is -3.94. The molecule has 0 aliphatic carbocycles. The van der Waals surface area contributed by atoms with Crippen molar-refractivity contribution in [1.29, 1.82) is 0 Å². The van der Waals surface area contributed by atoms with Crippen molar-refractivity contribution in [3.8, 4) is 11.5 Å². The van der Waals surface area contributed by atoms with Crippen molar-refractivity contribution in [2.45, 2.75) is 46.7 Å². The second-order valence-electron chi connectivity index (χ2n) is 8.78. The quantitative estimate of drug-likeness (QED) is 0.378. The number of hydrogen-bond acceptors (Lipinski definition) is 4. The molecule has 0 fully saturated rings. The van der Waals surface area contributed by atoms with Crippen molar-refractivity contribution >= 4 is 12.0 Å². The topological polar surface area (TPSA) is 73.8 Å². The van der Waals surface area contributed by atoms with E-state index in [9.17, 15) is 4.79 Å². The number of rotatable bonds is 7. The highest BCUT2D eigenvalue weighted by Crippen LogP contribution is 2.24. The molecule has 3 heterocycles. The Labute approximate surface area is 200 Å². The van der Waals surface area contributed by atoms with E-state index in [0.717, 1.165) is 34.0 Å². The minimum atomic E-state index is -0.0743. The van der Waals surface area contributed by atoms with E-state index in [0.29, 0.717) is 0 Å². The molecule has 8 nitrogen and oxygen atoms in total. The van der Waals surface area contributed by atoms with E-state index in [-0.39, 0.29) is 18.0 Å². The van der Waals surface area contributed by atoms with Crippen molar-refractivity contribution < 1.29 is 4.79 Å². The molecule has 1 aromatic carbocycles. The third kappa shape index (κ3) is 4.44. The first-order valence-electron chi connectivity index (χ1n) is 11.4. The summed E-state index contributed by atoms with van der Waals surface area (Å²) in [6, 6.07) is 12.3. The van der Waals surface area contributed by atoms with E-state index in [1.807, 2.05) is 61.3 Å². The molecule has 0 aliphatic heterocycles. The first-order chi connectivity index (χ1) is 16.3. The molecule has 0 spiro atoms. The maximum absolute atomic E-state index is 13.0. The van der Waals surface area contributed by atoms with Gasteiger partial charge in [0.1, 0.15) is 18.5 Å². The fourth-order valence-corrected chi connectivity index (χ4v) is 4.13. The zero-order valence-electron chi connectivity index (χ0n) is 20.5. The first-order valence-corrected chi connectivity index (χ1v) is 11.4. The molecule has 1 amide bonds. The lowest BCUT2D eigenvalue weighted by Gasteiger charge is -2.24. The van der Waals surface area contributed by atoms with Crippen LogP contribution in [-0.4, -0.2) is 47.0 Å². The zero-order valence-corrected chi connectivity index (χ0v) is 20.5. The summed E-state index contributed by atoms with van der Waals surface area (Å²) in [7, 11) is 1.83. The van der Waals surface area contributed by atoms with Gasteiger partial charge in [-0.25, -0.2) is 14.3 Å². The van der Waals surface area contributed by atoms with E-state index in [2.05, 4.69) is 53.5 Å². The maximum Gasteiger partial charge on any atom is 0.246 e. The molecule has 0 saturated carbocycles. The fraction of sp³-hybridized carbons (Fsp3) is 0.308. The fourth-order valence-electron chi connectivity index (χ4n) is 4.13. The Morgan fingerprint density at radius 1 is 1.06 bits per heavy atom. The average molecular weight is 458 g/mol. The van der Waals surface area contributed by atoms with Crippen LogP contribution in [0, 0.1) is 13.8 Å². The molecule has 0 bridgehead atoms. The smallest absolute Gasteiger partial charge is 0.246 e. The lowest BCUT2D eigenvalue weighted by atomic mass is 10.1. The molecule has 0 aliphatic rings. The minimum Gasteiger partial charge on any atom is -0.335 e. The van der Waals surface area contributed by atoms with Crippen LogP contribution >= 0.6 is 0 Å². The van der Waals surface area contributed by atoms with Crippen molar-refractivity contribution in [3.05, 3.63) is 83.8 Å². The summed E-state index contributed by atoms with van der Waals surface area (Å²) in [5, 5.41) is 8.61. The molecule has 3 aromatic heterocycles. The summed E-state index contributed by atoms with van der Waals surface area (Å²) in [6.45, 7) is 10.4. The van der Waals surface area contributed by atoms with Gasteiger partial charge in [0, 0.05) is 36.6 Å². The molecule has 1 atom stereocenters. The Morgan fingerprint density at radius 2 is 1.79 bits per heavy atom. The second kappa shape index (κ2) is 9.51. The van der Waals surface area contributed by atoms with Crippen molar-refractivity contribution in [1.82, 2.24) is 34.0 Å². The standard InChI is InChI=1S/C26H31N7O/c1-18(2)33-25(13-14-28-33)32-19(3)15-23(21(32)5)9-12-26(34)30(6)20(4)22-7-10-24(11-8-22)31-17-27-16-29-31/h7-18,20H,1-6H3/b12-9+. The predicted molar refractivity (Wildman–Crippen MR) is 133 cm³/mol. The highest BCUT2D eigenvalue weighted by atomic mass is 16.2. The van der Waals surface area contributed by atoms with Crippen molar-refractivity contribution in [2.24, 2.45) is 0 Å². The molecule has 0 N–H and O–H groups in total. The predicted octanol–water partition coefficient (Wildman–Crippen LogP) is 4.69. The number of carbonyl (C=O) groups excluding carboxylic acids is 1. The van der Waals surface area contributed by atoms with Crippen LogP contribution in [0.1, 0.15) is 55.4 Å². The molecule has 0 radical (unpaired) electrons. The van der Waals surface area contributed by atoms with Crippen LogP contribution < -0.4 is 0 Å². The van der Waals surface area contributed by atoms with Gasteiger partial charge in [0.15, 0.2) is 0 Å². The monoisotopic (exact) mass is 457 g/mol. The zero-order chi connectivity index (χ0) is 24.4. The number of carbonyl (C=O) groups is 1. The average Bonchev–Trinajstić information content (AvgIpc) is 3.57. The van der Waals surface area contributed by atoms with Crippen LogP contribution in [0.3, 0.4) is 0 Å². The summed E-state index contributed by atoms with van der Waals surface area (Å²) < 4.78 is 5.89. The summed E-state index contributed by atoms with van der Waals surface area (Å²) in [5.41, 5.74) is 5.16. The summed E-state index contributed by atoms with van der Waals surface area (Å²) in [5.74, 6) is 0.973. The van der Waals surface area contributed by atoms with Crippen LogP contribution in [0.4, 0.5) is 0 Å². The number of likely N-dealkylation sites (N-methyl/N-ethyl adjacent to an activating group) is 1. The van der Waals surface area contributed by atoms with Gasteiger partial charge in [0.05, 0.1) is 17.9 Å². The van der Waals surface area contributed by atoms with Gasteiger partial charge in [-0.2, -0.15) is 10.2 Å². The van der Waals surface area contributed by atoms with Crippen LogP contribution in [-0.2, 0) is 4.79 Å². The van der Waals surface area contributed by atoms with Gasteiger partial charge in [-0.1, -0.05) is 12.1 Å². The SMILES string of the molecule is Cc1cc(/C=C/C(=O)N(C)C(C)c2ccc(-n3cncn3)cc2)c(C)n1-c1ccnn1C(C)C. The Kier molecular flexibility index (Phi) is 6.49. The van der Waals surface area contributed by atoms with Gasteiger partial charge in [-0.15, -0.1) is 0 Å². The Balaban J connectivity index is 1.50. The minimum absolute atomic E-state index is 0.0510. The van der Waals surface area contributed by atoms with Crippen LogP contribution in [0.5, 0.6) is 0 Å². The first kappa shape index (κ1) is 23.2. The van der Waals surface area contributed by atoms with E-state index in [1.54, 1.807) is 22.0 Å². The number of amides is 1. The van der Waals surface area contributed by atoms with Gasteiger partial charge < -0.3 is 9.47 Å². The lowest BCUT2D eigenvalue weighted by molar-refractivity contribution is -0.126. The normalized spacial score (nSPS) is 12.6. The molecule has 1 unspecified atom stereocenters. The molecule has 34 heavy (non-hydrogen) atoms. The van der Waals surface area contributed by atoms with Gasteiger partial charge >= 0.3 is 0 Å². The van der Waals surface area contributed by atoms with E-state index < -0.39 is 0 Å². The largest absolute Gasteiger partial charge is 0.335 e.